The van der Waals surface area contributed by atoms with E-state index < -0.39 is 0 Å². The standard InChI is InChI=1S/C21H24ClNO4/c1-23-12-14(4-7-21(23)24)13-27-18-9-15(8-17(11-18)25-2)19-10-16(22)5-6-20(19)26-3/h5-6,8-11,14H,4,7,12-13H2,1-3H3. The predicted molar refractivity (Wildman–Crippen MR) is 106 cm³/mol. The van der Waals surface area contributed by atoms with Crippen molar-refractivity contribution in [3.63, 3.8) is 0 Å². The number of amides is 1. The first-order chi connectivity index (χ1) is 13.0. The number of hydrogen-bond acceptors (Lipinski definition) is 4. The van der Waals surface area contributed by atoms with Crippen molar-refractivity contribution in [3.8, 4) is 28.4 Å². The number of methoxy groups -OCH3 is 2. The van der Waals surface area contributed by atoms with Gasteiger partial charge >= 0.3 is 0 Å². The first-order valence-electron chi connectivity index (χ1n) is 8.90. The molecule has 27 heavy (non-hydrogen) atoms. The van der Waals surface area contributed by atoms with Gasteiger partial charge in [-0.1, -0.05) is 11.6 Å². The highest BCUT2D eigenvalue weighted by Crippen LogP contribution is 2.37. The lowest BCUT2D eigenvalue weighted by Crippen LogP contribution is -2.38. The summed E-state index contributed by atoms with van der Waals surface area (Å²) in [6.45, 7) is 1.27. The van der Waals surface area contributed by atoms with Crippen molar-refractivity contribution in [1.29, 1.82) is 0 Å². The van der Waals surface area contributed by atoms with Crippen LogP contribution in [0.5, 0.6) is 17.2 Å². The van der Waals surface area contributed by atoms with Gasteiger partial charge in [0, 0.05) is 42.6 Å². The van der Waals surface area contributed by atoms with Crippen LogP contribution < -0.4 is 14.2 Å². The van der Waals surface area contributed by atoms with Gasteiger partial charge in [0.2, 0.25) is 5.91 Å². The van der Waals surface area contributed by atoms with Crippen molar-refractivity contribution >= 4 is 17.5 Å². The summed E-state index contributed by atoms with van der Waals surface area (Å²) in [5, 5.41) is 0.631. The second-order valence-electron chi connectivity index (χ2n) is 6.73. The molecule has 0 radical (unpaired) electrons. The quantitative estimate of drug-likeness (QED) is 0.740. The minimum absolute atomic E-state index is 0.197. The van der Waals surface area contributed by atoms with E-state index >= 15 is 0 Å². The zero-order valence-electron chi connectivity index (χ0n) is 15.8. The molecule has 1 heterocycles. The fourth-order valence-electron chi connectivity index (χ4n) is 3.28. The van der Waals surface area contributed by atoms with Crippen LogP contribution in [0.3, 0.4) is 0 Å². The number of likely N-dealkylation sites (tertiary alicyclic amines) is 1. The third-order valence-corrected chi connectivity index (χ3v) is 5.03. The average Bonchev–Trinajstić information content (AvgIpc) is 2.68. The minimum Gasteiger partial charge on any atom is -0.497 e. The molecule has 5 nitrogen and oxygen atoms in total. The molecule has 0 aromatic heterocycles. The van der Waals surface area contributed by atoms with Gasteiger partial charge in [0.05, 0.1) is 20.8 Å². The molecular formula is C21H24ClNO4. The zero-order chi connectivity index (χ0) is 19.4. The van der Waals surface area contributed by atoms with Gasteiger partial charge in [-0.05, 0) is 42.3 Å². The topological polar surface area (TPSA) is 48.0 Å². The molecule has 0 N–H and O–H groups in total. The number of nitrogens with zero attached hydrogens (tertiary/aromatic N) is 1. The normalized spacial score (nSPS) is 17.0. The fourth-order valence-corrected chi connectivity index (χ4v) is 3.46. The van der Waals surface area contributed by atoms with Gasteiger partial charge in [0.1, 0.15) is 17.2 Å². The highest BCUT2D eigenvalue weighted by molar-refractivity contribution is 6.31. The smallest absolute Gasteiger partial charge is 0.222 e. The molecule has 0 bridgehead atoms. The lowest BCUT2D eigenvalue weighted by molar-refractivity contribution is -0.133. The third-order valence-electron chi connectivity index (χ3n) is 4.80. The largest absolute Gasteiger partial charge is 0.497 e. The van der Waals surface area contributed by atoms with E-state index in [9.17, 15) is 4.79 Å². The molecule has 1 unspecified atom stereocenters. The van der Waals surface area contributed by atoms with Gasteiger partial charge in [0.25, 0.3) is 0 Å². The van der Waals surface area contributed by atoms with Gasteiger partial charge < -0.3 is 19.1 Å². The number of benzene rings is 2. The second-order valence-corrected chi connectivity index (χ2v) is 7.17. The second kappa shape index (κ2) is 8.53. The van der Waals surface area contributed by atoms with Crippen LogP contribution in [0.4, 0.5) is 0 Å². The van der Waals surface area contributed by atoms with Crippen molar-refractivity contribution in [2.75, 3.05) is 34.4 Å². The highest BCUT2D eigenvalue weighted by atomic mass is 35.5. The van der Waals surface area contributed by atoms with Crippen LogP contribution in [0, 0.1) is 5.92 Å². The Morgan fingerprint density at radius 1 is 1.11 bits per heavy atom. The Hall–Kier alpha value is -2.40. The van der Waals surface area contributed by atoms with Crippen molar-refractivity contribution < 1.29 is 19.0 Å². The highest BCUT2D eigenvalue weighted by Gasteiger charge is 2.23. The van der Waals surface area contributed by atoms with Crippen LogP contribution >= 0.6 is 11.6 Å². The van der Waals surface area contributed by atoms with E-state index in [-0.39, 0.29) is 5.91 Å². The van der Waals surface area contributed by atoms with Crippen LogP contribution in [-0.2, 0) is 4.79 Å². The number of ether oxygens (including phenoxy) is 3. The number of carbonyl (C=O) groups is 1. The van der Waals surface area contributed by atoms with Gasteiger partial charge in [-0.2, -0.15) is 0 Å². The number of halogens is 1. The molecule has 1 aliphatic heterocycles. The molecule has 1 fully saturated rings. The maximum absolute atomic E-state index is 11.6. The Labute approximate surface area is 164 Å². The number of carbonyl (C=O) groups excluding carboxylic acids is 1. The molecule has 2 aromatic carbocycles. The van der Waals surface area contributed by atoms with E-state index in [2.05, 4.69) is 0 Å². The van der Waals surface area contributed by atoms with Crippen molar-refractivity contribution in [2.45, 2.75) is 12.8 Å². The van der Waals surface area contributed by atoms with Gasteiger partial charge in [-0.15, -0.1) is 0 Å². The molecule has 1 saturated heterocycles. The summed E-state index contributed by atoms with van der Waals surface area (Å²) in [5.41, 5.74) is 1.77. The number of rotatable bonds is 6. The molecule has 144 valence electrons. The van der Waals surface area contributed by atoms with Gasteiger partial charge in [0.15, 0.2) is 0 Å². The molecule has 1 aliphatic rings. The SMILES string of the molecule is COc1cc(OCC2CCC(=O)N(C)C2)cc(-c2cc(Cl)ccc2OC)c1. The lowest BCUT2D eigenvalue weighted by Gasteiger charge is -2.29. The van der Waals surface area contributed by atoms with E-state index in [0.717, 1.165) is 29.8 Å². The molecule has 0 aliphatic carbocycles. The van der Waals surface area contributed by atoms with Gasteiger partial charge in [-0.25, -0.2) is 0 Å². The summed E-state index contributed by atoms with van der Waals surface area (Å²) in [6.07, 6.45) is 1.43. The van der Waals surface area contributed by atoms with E-state index in [0.29, 0.717) is 35.5 Å². The van der Waals surface area contributed by atoms with Crippen LogP contribution in [0.25, 0.3) is 11.1 Å². The molecule has 0 saturated carbocycles. The Bertz CT molecular complexity index is 824. The van der Waals surface area contributed by atoms with E-state index in [4.69, 9.17) is 25.8 Å². The molecule has 0 spiro atoms. The van der Waals surface area contributed by atoms with E-state index in [1.165, 1.54) is 0 Å². The monoisotopic (exact) mass is 389 g/mol. The average molecular weight is 390 g/mol. The summed E-state index contributed by atoms with van der Waals surface area (Å²) in [7, 11) is 5.09. The van der Waals surface area contributed by atoms with Crippen molar-refractivity contribution in [3.05, 3.63) is 41.4 Å². The fraction of sp³-hybridized carbons (Fsp3) is 0.381. The van der Waals surface area contributed by atoms with E-state index in [1.807, 2.05) is 37.4 Å². The van der Waals surface area contributed by atoms with Crippen molar-refractivity contribution in [1.82, 2.24) is 4.90 Å². The molecule has 1 atom stereocenters. The minimum atomic E-state index is 0.197. The Balaban J connectivity index is 1.82. The van der Waals surface area contributed by atoms with Crippen LogP contribution in [0.2, 0.25) is 5.02 Å². The Morgan fingerprint density at radius 3 is 2.59 bits per heavy atom. The number of hydrogen-bond donors (Lipinski definition) is 0. The molecule has 2 aromatic rings. The van der Waals surface area contributed by atoms with Crippen LogP contribution in [0.1, 0.15) is 12.8 Å². The summed E-state index contributed by atoms with van der Waals surface area (Å²) >= 11 is 6.18. The Kier molecular flexibility index (Phi) is 6.11. The van der Waals surface area contributed by atoms with Crippen LogP contribution in [0.15, 0.2) is 36.4 Å². The van der Waals surface area contributed by atoms with Crippen LogP contribution in [-0.4, -0.2) is 45.2 Å². The summed E-state index contributed by atoms with van der Waals surface area (Å²) in [4.78, 5) is 13.4. The molecule has 6 heteroatoms. The maximum Gasteiger partial charge on any atom is 0.222 e. The lowest BCUT2D eigenvalue weighted by atomic mass is 9.99. The number of piperidine rings is 1. The van der Waals surface area contributed by atoms with Gasteiger partial charge in [-0.3, -0.25) is 4.79 Å². The third kappa shape index (κ3) is 4.66. The Morgan fingerprint density at radius 2 is 1.89 bits per heavy atom. The van der Waals surface area contributed by atoms with E-state index in [1.54, 1.807) is 25.2 Å². The zero-order valence-corrected chi connectivity index (χ0v) is 16.6. The maximum atomic E-state index is 11.6. The summed E-state index contributed by atoms with van der Waals surface area (Å²) < 4.78 is 17.0. The molecular weight excluding hydrogens is 366 g/mol. The first kappa shape index (κ1) is 19.4. The first-order valence-corrected chi connectivity index (χ1v) is 9.27. The molecule has 1 amide bonds. The van der Waals surface area contributed by atoms with Crippen molar-refractivity contribution in [2.24, 2.45) is 5.92 Å². The summed E-state index contributed by atoms with van der Waals surface area (Å²) in [5.74, 6) is 2.66. The predicted octanol–water partition coefficient (Wildman–Crippen LogP) is 4.27. The summed E-state index contributed by atoms with van der Waals surface area (Å²) in [6, 6.07) is 11.2. The molecule has 3 rings (SSSR count).